The number of benzene rings is 1. The number of phenolic OH excluding ortho intramolecular Hbond substituents is 1. The van der Waals surface area contributed by atoms with E-state index in [1.54, 1.807) is 24.3 Å². The molecule has 4 heteroatoms. The second-order valence-electron chi connectivity index (χ2n) is 3.63. The molecule has 1 atom stereocenters. The van der Waals surface area contributed by atoms with Crippen molar-refractivity contribution in [1.29, 1.82) is 0 Å². The third-order valence-corrected chi connectivity index (χ3v) is 3.65. The first kappa shape index (κ1) is 10.7. The Morgan fingerprint density at radius 1 is 1.40 bits per heavy atom. The standard InChI is InChI=1S/C11H12INO2/c12-7-9-3-6-11(15)13(9)8-1-4-10(14)5-2-8/h1-2,4-5,9,14H,3,6-7H2/t9-/m1/s1. The number of nitrogens with zero attached hydrogens (tertiary/aromatic N) is 1. The molecule has 0 aliphatic carbocycles. The summed E-state index contributed by atoms with van der Waals surface area (Å²) in [5.74, 6) is 0.416. The molecule has 1 aliphatic rings. The summed E-state index contributed by atoms with van der Waals surface area (Å²) in [6.45, 7) is 0. The predicted octanol–water partition coefficient (Wildman–Crippen LogP) is 2.32. The van der Waals surface area contributed by atoms with Crippen LogP contribution in [0.25, 0.3) is 0 Å². The van der Waals surface area contributed by atoms with Gasteiger partial charge in [0.05, 0.1) is 0 Å². The van der Waals surface area contributed by atoms with Crippen LogP contribution in [0.4, 0.5) is 5.69 Å². The van der Waals surface area contributed by atoms with Gasteiger partial charge in [-0.2, -0.15) is 0 Å². The zero-order chi connectivity index (χ0) is 10.8. The number of amides is 1. The Hall–Kier alpha value is -0.780. The van der Waals surface area contributed by atoms with Gasteiger partial charge in [-0.1, -0.05) is 22.6 Å². The van der Waals surface area contributed by atoms with Crippen molar-refractivity contribution in [2.75, 3.05) is 9.33 Å². The Labute approximate surface area is 102 Å². The van der Waals surface area contributed by atoms with Gasteiger partial charge in [0.15, 0.2) is 0 Å². The van der Waals surface area contributed by atoms with E-state index >= 15 is 0 Å². The summed E-state index contributed by atoms with van der Waals surface area (Å²) in [5, 5.41) is 9.18. The van der Waals surface area contributed by atoms with Crippen molar-refractivity contribution in [2.24, 2.45) is 0 Å². The monoisotopic (exact) mass is 317 g/mol. The summed E-state index contributed by atoms with van der Waals surface area (Å²) in [5.41, 5.74) is 0.886. The number of hydrogen-bond donors (Lipinski definition) is 1. The van der Waals surface area contributed by atoms with E-state index in [1.165, 1.54) is 0 Å². The van der Waals surface area contributed by atoms with Crippen LogP contribution in [-0.2, 0) is 4.79 Å². The Morgan fingerprint density at radius 3 is 2.67 bits per heavy atom. The van der Waals surface area contributed by atoms with E-state index < -0.39 is 0 Å². The Bertz CT molecular complexity index is 363. The summed E-state index contributed by atoms with van der Waals surface area (Å²) < 4.78 is 0.949. The number of alkyl halides is 1. The number of carbonyl (C=O) groups excluding carboxylic acids is 1. The number of halogens is 1. The first-order chi connectivity index (χ1) is 7.22. The molecular weight excluding hydrogens is 305 g/mol. The van der Waals surface area contributed by atoms with Crippen LogP contribution in [0.15, 0.2) is 24.3 Å². The minimum Gasteiger partial charge on any atom is -0.508 e. The van der Waals surface area contributed by atoms with Crippen LogP contribution in [0, 0.1) is 0 Å². The van der Waals surface area contributed by atoms with Crippen LogP contribution in [0.3, 0.4) is 0 Å². The predicted molar refractivity (Wildman–Crippen MR) is 67.5 cm³/mol. The first-order valence-electron chi connectivity index (χ1n) is 4.89. The maximum absolute atomic E-state index is 11.7. The van der Waals surface area contributed by atoms with Crippen LogP contribution in [0.2, 0.25) is 0 Å². The maximum Gasteiger partial charge on any atom is 0.227 e. The van der Waals surface area contributed by atoms with Gasteiger partial charge in [-0.05, 0) is 30.7 Å². The first-order valence-corrected chi connectivity index (χ1v) is 6.42. The molecule has 2 rings (SSSR count). The van der Waals surface area contributed by atoms with Gasteiger partial charge in [-0.25, -0.2) is 0 Å². The quantitative estimate of drug-likeness (QED) is 0.672. The lowest BCUT2D eigenvalue weighted by molar-refractivity contribution is -0.117. The number of aromatic hydroxyl groups is 1. The van der Waals surface area contributed by atoms with Crippen molar-refractivity contribution in [3.63, 3.8) is 0 Å². The highest BCUT2D eigenvalue weighted by atomic mass is 127. The molecule has 3 nitrogen and oxygen atoms in total. The molecule has 80 valence electrons. The summed E-state index contributed by atoms with van der Waals surface area (Å²) >= 11 is 2.30. The average molecular weight is 317 g/mol. The fourth-order valence-corrected chi connectivity index (χ4v) is 2.69. The van der Waals surface area contributed by atoms with Gasteiger partial charge in [-0.15, -0.1) is 0 Å². The number of hydrogen-bond acceptors (Lipinski definition) is 2. The van der Waals surface area contributed by atoms with Crippen LogP contribution >= 0.6 is 22.6 Å². The summed E-state index contributed by atoms with van der Waals surface area (Å²) in [4.78, 5) is 13.5. The summed E-state index contributed by atoms with van der Waals surface area (Å²) in [6, 6.07) is 7.12. The van der Waals surface area contributed by atoms with Crippen molar-refractivity contribution in [3.05, 3.63) is 24.3 Å². The molecule has 0 aromatic heterocycles. The van der Waals surface area contributed by atoms with Gasteiger partial charge >= 0.3 is 0 Å². The molecular formula is C11H12INO2. The summed E-state index contributed by atoms with van der Waals surface area (Å²) in [6.07, 6.45) is 1.57. The second-order valence-corrected chi connectivity index (χ2v) is 4.51. The van der Waals surface area contributed by atoms with Crippen molar-refractivity contribution in [2.45, 2.75) is 18.9 Å². The van der Waals surface area contributed by atoms with E-state index in [9.17, 15) is 9.90 Å². The maximum atomic E-state index is 11.7. The molecule has 0 radical (unpaired) electrons. The molecule has 1 fully saturated rings. The molecule has 1 aromatic rings. The molecule has 0 spiro atoms. The van der Waals surface area contributed by atoms with E-state index in [0.717, 1.165) is 16.5 Å². The third kappa shape index (κ3) is 2.09. The lowest BCUT2D eigenvalue weighted by Gasteiger charge is -2.23. The molecule has 0 saturated carbocycles. The van der Waals surface area contributed by atoms with E-state index in [0.29, 0.717) is 12.5 Å². The Balaban J connectivity index is 2.28. The summed E-state index contributed by atoms with van der Waals surface area (Å²) in [7, 11) is 0. The minimum absolute atomic E-state index is 0.183. The lowest BCUT2D eigenvalue weighted by atomic mass is 10.2. The molecule has 1 heterocycles. The molecule has 1 aromatic carbocycles. The molecule has 1 saturated heterocycles. The molecule has 0 unspecified atom stereocenters. The highest BCUT2D eigenvalue weighted by molar-refractivity contribution is 14.1. The number of anilines is 1. The van der Waals surface area contributed by atoms with Gasteiger partial charge in [0.2, 0.25) is 5.91 Å². The van der Waals surface area contributed by atoms with Crippen LogP contribution in [0.1, 0.15) is 12.8 Å². The smallest absolute Gasteiger partial charge is 0.227 e. The van der Waals surface area contributed by atoms with Crippen LogP contribution in [-0.4, -0.2) is 21.5 Å². The highest BCUT2D eigenvalue weighted by Crippen LogP contribution is 2.28. The fraction of sp³-hybridized carbons (Fsp3) is 0.364. The SMILES string of the molecule is O=C1CC[C@H](CI)N1c1ccc(O)cc1. The van der Waals surface area contributed by atoms with Crippen molar-refractivity contribution in [1.82, 2.24) is 0 Å². The molecule has 0 bridgehead atoms. The van der Waals surface area contributed by atoms with E-state index in [2.05, 4.69) is 22.6 Å². The zero-order valence-electron chi connectivity index (χ0n) is 8.19. The lowest BCUT2D eigenvalue weighted by Crippen LogP contribution is -2.33. The molecule has 1 amide bonds. The fourth-order valence-electron chi connectivity index (χ4n) is 1.86. The molecule has 1 aliphatic heterocycles. The third-order valence-electron chi connectivity index (χ3n) is 2.63. The van der Waals surface area contributed by atoms with Gasteiger partial charge in [0.1, 0.15) is 5.75 Å². The van der Waals surface area contributed by atoms with E-state index in [4.69, 9.17) is 0 Å². The van der Waals surface area contributed by atoms with Crippen molar-refractivity contribution >= 4 is 34.2 Å². The number of phenols is 1. The van der Waals surface area contributed by atoms with Crippen molar-refractivity contribution < 1.29 is 9.90 Å². The van der Waals surface area contributed by atoms with Crippen molar-refractivity contribution in [3.8, 4) is 5.75 Å². The van der Waals surface area contributed by atoms with E-state index in [1.807, 2.05) is 4.90 Å². The van der Waals surface area contributed by atoms with Gasteiger partial charge in [0, 0.05) is 22.6 Å². The van der Waals surface area contributed by atoms with Gasteiger partial charge in [0.25, 0.3) is 0 Å². The van der Waals surface area contributed by atoms with Crippen LogP contribution in [0.5, 0.6) is 5.75 Å². The zero-order valence-corrected chi connectivity index (χ0v) is 10.3. The Kier molecular flexibility index (Phi) is 3.14. The molecule has 1 N–H and O–H groups in total. The number of rotatable bonds is 2. The Morgan fingerprint density at radius 2 is 2.07 bits per heavy atom. The largest absolute Gasteiger partial charge is 0.508 e. The number of carbonyl (C=O) groups is 1. The second kappa shape index (κ2) is 4.38. The van der Waals surface area contributed by atoms with Gasteiger partial charge < -0.3 is 10.0 Å². The van der Waals surface area contributed by atoms with Crippen LogP contribution < -0.4 is 4.90 Å². The highest BCUT2D eigenvalue weighted by Gasteiger charge is 2.30. The van der Waals surface area contributed by atoms with Gasteiger partial charge in [-0.3, -0.25) is 4.79 Å². The molecule has 15 heavy (non-hydrogen) atoms. The minimum atomic E-state index is 0.183. The normalized spacial score (nSPS) is 21.0. The topological polar surface area (TPSA) is 40.5 Å². The average Bonchev–Trinajstić information content (AvgIpc) is 2.61. The van der Waals surface area contributed by atoms with E-state index in [-0.39, 0.29) is 11.7 Å².